The molecule has 17 heteroatoms. The Morgan fingerprint density at radius 1 is 0.600 bits per heavy atom. The molecule has 0 aliphatic heterocycles. The Balaban J connectivity index is 0.000000207. The summed E-state index contributed by atoms with van der Waals surface area (Å²) in [6, 6.07) is 42.3. The van der Waals surface area contributed by atoms with Gasteiger partial charge in [-0.05, 0) is 90.4 Å². The number of methoxy groups -OCH3 is 1. The van der Waals surface area contributed by atoms with Crippen LogP contribution in [-0.4, -0.2) is 59.2 Å². The zero-order valence-electron chi connectivity index (χ0n) is 41.3. The molecular formula is C53H59Br2ClN6O4S2Si2. The molecule has 366 valence electrons. The summed E-state index contributed by atoms with van der Waals surface area (Å²) in [7, 11) is -4.19. The SMILES string of the molecule is COC(=O)c1c(Br)csc1-n1c(C)nnc1[C@H](C)O[Si](c1ccccc1)(c1ccccc1)C(C)(C)C.Cc1nnc([C@H](C)O[Si](c2ccccc2)(c2ccccc2)C(C)(C)C)n1-c1scc(Br)c1CCl. The van der Waals surface area contributed by atoms with Crippen LogP contribution in [0.2, 0.25) is 10.1 Å². The Hall–Kier alpha value is -4.37. The lowest BCUT2D eigenvalue weighted by Gasteiger charge is -2.44. The van der Waals surface area contributed by atoms with Gasteiger partial charge < -0.3 is 13.6 Å². The maximum absolute atomic E-state index is 12.6. The zero-order chi connectivity index (χ0) is 50.6. The number of esters is 1. The van der Waals surface area contributed by atoms with E-state index >= 15 is 0 Å². The molecule has 2 atom stereocenters. The predicted molar refractivity (Wildman–Crippen MR) is 298 cm³/mol. The molecule has 4 aromatic carbocycles. The fraction of sp³-hybridized carbons (Fsp3) is 0.302. The van der Waals surface area contributed by atoms with Crippen LogP contribution in [0.4, 0.5) is 0 Å². The molecule has 0 aliphatic rings. The van der Waals surface area contributed by atoms with Crippen molar-refractivity contribution < 1.29 is 18.4 Å². The van der Waals surface area contributed by atoms with Gasteiger partial charge in [-0.2, -0.15) is 0 Å². The number of nitrogens with zero attached hydrogens (tertiary/aromatic N) is 6. The highest BCUT2D eigenvalue weighted by Gasteiger charge is 2.53. The van der Waals surface area contributed by atoms with Crippen molar-refractivity contribution in [3.63, 3.8) is 0 Å². The fourth-order valence-corrected chi connectivity index (χ4v) is 22.5. The zero-order valence-corrected chi connectivity index (χ0v) is 48.9. The molecule has 0 N–H and O–H groups in total. The summed E-state index contributed by atoms with van der Waals surface area (Å²) < 4.78 is 25.3. The lowest BCUT2D eigenvalue weighted by molar-refractivity contribution is 0.0600. The van der Waals surface area contributed by atoms with Gasteiger partial charge in [-0.25, -0.2) is 4.79 Å². The van der Waals surface area contributed by atoms with Gasteiger partial charge in [-0.3, -0.25) is 9.13 Å². The van der Waals surface area contributed by atoms with Gasteiger partial charge in [0.1, 0.15) is 39.4 Å². The summed E-state index contributed by atoms with van der Waals surface area (Å²) in [5, 5.41) is 28.1. The Bertz CT molecular complexity index is 2930. The fourth-order valence-electron chi connectivity index (χ4n) is 9.24. The second kappa shape index (κ2) is 22.2. The van der Waals surface area contributed by atoms with Crippen LogP contribution >= 0.6 is 66.1 Å². The van der Waals surface area contributed by atoms with E-state index in [1.165, 1.54) is 39.2 Å². The molecule has 4 heterocycles. The third kappa shape index (κ3) is 10.3. The number of ether oxygens (including phenoxy) is 1. The average molecular weight is 1160 g/mol. The van der Waals surface area contributed by atoms with E-state index in [0.29, 0.717) is 32.6 Å². The number of halogens is 3. The highest BCUT2D eigenvalue weighted by molar-refractivity contribution is 9.11. The number of benzene rings is 4. The quantitative estimate of drug-likeness (QED) is 0.0602. The van der Waals surface area contributed by atoms with Gasteiger partial charge in [0.05, 0.1) is 13.0 Å². The summed E-state index contributed by atoms with van der Waals surface area (Å²) >= 11 is 16.5. The minimum absolute atomic E-state index is 0.128. The Morgan fingerprint density at radius 3 is 1.29 bits per heavy atom. The molecule has 8 aromatic rings. The molecule has 0 saturated heterocycles. The highest BCUT2D eigenvalue weighted by atomic mass is 79.9. The maximum atomic E-state index is 12.6. The van der Waals surface area contributed by atoms with E-state index in [-0.39, 0.29) is 16.2 Å². The third-order valence-corrected chi connectivity index (χ3v) is 26.8. The second-order valence-electron chi connectivity index (χ2n) is 19.0. The lowest BCUT2D eigenvalue weighted by atomic mass is 10.2. The Morgan fingerprint density at radius 2 is 0.943 bits per heavy atom. The van der Waals surface area contributed by atoms with Crippen LogP contribution in [-0.2, 0) is 19.5 Å². The molecule has 0 amide bonds. The van der Waals surface area contributed by atoms with E-state index < -0.39 is 28.7 Å². The molecule has 0 saturated carbocycles. The van der Waals surface area contributed by atoms with Crippen LogP contribution in [0.5, 0.6) is 0 Å². The number of aromatic nitrogens is 6. The number of carbonyl (C=O) groups is 1. The molecule has 0 fully saturated rings. The van der Waals surface area contributed by atoms with Crippen LogP contribution in [0.1, 0.15) is 107 Å². The molecule has 0 bridgehead atoms. The second-order valence-corrected chi connectivity index (χ2v) is 31.2. The topological polar surface area (TPSA) is 106 Å². The number of hydrogen-bond acceptors (Lipinski definition) is 10. The largest absolute Gasteiger partial charge is 0.465 e. The van der Waals surface area contributed by atoms with Gasteiger partial charge in [-0.15, -0.1) is 54.7 Å². The third-order valence-electron chi connectivity index (χ3n) is 12.4. The van der Waals surface area contributed by atoms with Crippen molar-refractivity contribution in [2.45, 2.75) is 97.4 Å². The highest BCUT2D eigenvalue weighted by Crippen LogP contribution is 2.43. The van der Waals surface area contributed by atoms with Crippen molar-refractivity contribution >= 4 is 109 Å². The van der Waals surface area contributed by atoms with Crippen LogP contribution in [0.25, 0.3) is 10.0 Å². The minimum atomic E-state index is -2.83. The van der Waals surface area contributed by atoms with E-state index in [9.17, 15) is 4.79 Å². The van der Waals surface area contributed by atoms with Crippen LogP contribution in [0.3, 0.4) is 0 Å². The van der Waals surface area contributed by atoms with Crippen molar-refractivity contribution in [1.29, 1.82) is 0 Å². The van der Waals surface area contributed by atoms with Crippen molar-refractivity contribution in [2.24, 2.45) is 0 Å². The van der Waals surface area contributed by atoms with Crippen LogP contribution in [0.15, 0.2) is 141 Å². The van der Waals surface area contributed by atoms with Gasteiger partial charge in [0.25, 0.3) is 16.6 Å². The molecular weight excluding hydrogens is 1100 g/mol. The molecule has 8 rings (SSSR count). The Kier molecular flexibility index (Phi) is 16.9. The van der Waals surface area contributed by atoms with Crippen molar-refractivity contribution in [3.05, 3.63) is 175 Å². The van der Waals surface area contributed by atoms with Gasteiger partial charge in [-0.1, -0.05) is 163 Å². The van der Waals surface area contributed by atoms with E-state index in [1.54, 1.807) is 11.3 Å². The first-order valence-corrected chi connectivity index (χ1v) is 30.6. The van der Waals surface area contributed by atoms with Crippen LogP contribution < -0.4 is 20.7 Å². The maximum Gasteiger partial charge on any atom is 0.342 e. The molecule has 0 spiro atoms. The number of thiophene rings is 2. The minimum Gasteiger partial charge on any atom is -0.465 e. The first-order chi connectivity index (χ1) is 33.3. The first-order valence-electron chi connectivity index (χ1n) is 22.9. The summed E-state index contributed by atoms with van der Waals surface area (Å²) in [5.74, 6) is 2.89. The number of aryl methyl sites for hydroxylation is 2. The molecule has 70 heavy (non-hydrogen) atoms. The van der Waals surface area contributed by atoms with Gasteiger partial charge in [0, 0.05) is 25.3 Å². The number of rotatable bonds is 14. The molecule has 0 radical (unpaired) electrons. The summed E-state index contributed by atoms with van der Waals surface area (Å²) in [6.07, 6.45) is -0.708. The number of alkyl halides is 1. The van der Waals surface area contributed by atoms with Crippen molar-refractivity contribution in [1.82, 2.24) is 29.5 Å². The van der Waals surface area contributed by atoms with Crippen LogP contribution in [0, 0.1) is 13.8 Å². The van der Waals surface area contributed by atoms with E-state index in [2.05, 4.69) is 220 Å². The van der Waals surface area contributed by atoms with E-state index in [0.717, 1.165) is 26.7 Å². The van der Waals surface area contributed by atoms with Crippen molar-refractivity contribution in [3.8, 4) is 10.0 Å². The average Bonchev–Trinajstić information content (AvgIpc) is 4.14. The number of hydrogen-bond donors (Lipinski definition) is 0. The standard InChI is InChI=1S/C27H30BrN3O3SSi.C26H29BrClN3OSSi/c1-18(24-30-29-19(2)31(24)25-23(26(32)33-6)22(28)17-35-25)34-36(27(3,4)5,20-13-9-7-10-14-20)21-15-11-8-12-16-21;1-18(24-30-29-19(2)31(24)25-22(16-28)23(27)17-33-25)32-34(26(3,4)5,20-12-8-6-9-13-20)21-14-10-7-11-15-21/h7-18H,1-6H3;6-15,17-18H,16H2,1-5H3/t2*18-/m00/s1. The molecule has 4 aromatic heterocycles. The Labute approximate surface area is 444 Å². The van der Waals surface area contributed by atoms with Gasteiger partial charge in [0.2, 0.25) is 0 Å². The van der Waals surface area contributed by atoms with E-state index in [4.69, 9.17) is 25.2 Å². The lowest BCUT2D eigenvalue weighted by Crippen LogP contribution is -2.66. The molecule has 0 unspecified atom stereocenters. The monoisotopic (exact) mass is 1160 g/mol. The predicted octanol–water partition coefficient (Wildman–Crippen LogP) is 12.6. The normalized spacial score (nSPS) is 13.1. The van der Waals surface area contributed by atoms with E-state index in [1.807, 2.05) is 42.9 Å². The summed E-state index contributed by atoms with van der Waals surface area (Å²) in [5.41, 5.74) is 1.48. The molecule has 0 aliphatic carbocycles. The van der Waals surface area contributed by atoms with Crippen molar-refractivity contribution in [2.75, 3.05) is 7.11 Å². The van der Waals surface area contributed by atoms with Gasteiger partial charge >= 0.3 is 5.97 Å². The molecule has 10 nitrogen and oxygen atoms in total. The van der Waals surface area contributed by atoms with Gasteiger partial charge in [0.15, 0.2) is 11.6 Å². The number of carbonyl (C=O) groups excluding carboxylic acids is 1. The summed E-state index contributed by atoms with van der Waals surface area (Å²) in [4.78, 5) is 12.6. The first kappa shape index (κ1) is 53.4. The smallest absolute Gasteiger partial charge is 0.342 e. The summed E-state index contributed by atoms with van der Waals surface area (Å²) in [6.45, 7) is 21.5.